The molecule has 0 spiro atoms. The second kappa shape index (κ2) is 4.66. The Morgan fingerprint density at radius 3 is 3.20 bits per heavy atom. The summed E-state index contributed by atoms with van der Waals surface area (Å²) in [7, 11) is 0. The topological polar surface area (TPSA) is 30.8 Å². The van der Waals surface area contributed by atoms with Gasteiger partial charge >= 0.3 is 0 Å². The molecule has 1 aliphatic rings. The summed E-state index contributed by atoms with van der Waals surface area (Å²) in [4.78, 5) is 5.08. The van der Waals surface area contributed by atoms with Gasteiger partial charge in [-0.25, -0.2) is 0 Å². The Hall–Kier alpha value is -1.03. The van der Waals surface area contributed by atoms with Crippen molar-refractivity contribution in [2.75, 3.05) is 13.2 Å². The molecule has 0 aromatic heterocycles. The van der Waals surface area contributed by atoms with Gasteiger partial charge in [0.2, 0.25) is 0 Å². The van der Waals surface area contributed by atoms with Crippen LogP contribution in [0.15, 0.2) is 27.8 Å². The number of fused-ring (bicyclic) bond motifs is 1. The fraction of sp³-hybridized carbons (Fsp3) is 0.364. The minimum Gasteiger partial charge on any atom is -0.492 e. The highest BCUT2D eigenvalue weighted by atomic mass is 79.9. The molecule has 0 N–H and O–H groups in total. The zero-order valence-corrected chi connectivity index (χ0v) is 10.1. The first kappa shape index (κ1) is 10.5. The van der Waals surface area contributed by atoms with Crippen molar-refractivity contribution in [1.29, 1.82) is 0 Å². The molecule has 0 atom stereocenters. The predicted octanol–water partition coefficient (Wildman–Crippen LogP) is 2.97. The van der Waals surface area contributed by atoms with Crippen molar-refractivity contribution in [3.63, 3.8) is 0 Å². The molecule has 0 unspecified atom stereocenters. The zero-order valence-electron chi connectivity index (χ0n) is 8.50. The third-order valence-electron chi connectivity index (χ3n) is 2.15. The molecule has 0 radical (unpaired) electrons. The number of halogens is 1. The molecule has 0 fully saturated rings. The lowest BCUT2D eigenvalue weighted by molar-refractivity contribution is 0.157. The van der Waals surface area contributed by atoms with Gasteiger partial charge in [0.25, 0.3) is 0 Å². The van der Waals surface area contributed by atoms with Crippen molar-refractivity contribution >= 4 is 21.6 Å². The van der Waals surface area contributed by atoms with Gasteiger partial charge in [-0.1, -0.05) is 21.1 Å². The van der Waals surface area contributed by atoms with Crippen LogP contribution < -0.4 is 4.74 Å². The number of rotatable bonds is 2. The summed E-state index contributed by atoms with van der Waals surface area (Å²) in [6.07, 6.45) is 0.800. The van der Waals surface area contributed by atoms with Crippen LogP contribution in [0.3, 0.4) is 0 Å². The molecule has 2 rings (SSSR count). The summed E-state index contributed by atoms with van der Waals surface area (Å²) in [5, 5.41) is 4.09. The smallest absolute Gasteiger partial charge is 0.129 e. The number of hydrogen-bond acceptors (Lipinski definition) is 3. The highest BCUT2D eigenvalue weighted by molar-refractivity contribution is 9.10. The molecule has 4 heteroatoms. The molecule has 3 nitrogen and oxygen atoms in total. The number of hydrogen-bond donors (Lipinski definition) is 0. The molecule has 1 aromatic rings. The largest absolute Gasteiger partial charge is 0.492 e. The van der Waals surface area contributed by atoms with E-state index in [0.717, 1.165) is 27.9 Å². The summed E-state index contributed by atoms with van der Waals surface area (Å²) in [6.45, 7) is 3.18. The number of oxime groups is 1. The van der Waals surface area contributed by atoms with E-state index >= 15 is 0 Å². The Bertz CT molecular complexity index is 390. The van der Waals surface area contributed by atoms with Crippen molar-refractivity contribution in [2.24, 2.45) is 5.16 Å². The minimum atomic E-state index is 0.593. The molecule has 0 saturated carbocycles. The molecular formula is C11H12BrNO2. The van der Waals surface area contributed by atoms with Crippen LogP contribution in [0.4, 0.5) is 0 Å². The number of nitrogens with zero attached hydrogens (tertiary/aromatic N) is 1. The van der Waals surface area contributed by atoms with Crippen molar-refractivity contribution in [1.82, 2.24) is 0 Å². The van der Waals surface area contributed by atoms with Gasteiger partial charge in [0, 0.05) is 16.5 Å². The van der Waals surface area contributed by atoms with Gasteiger partial charge < -0.3 is 9.57 Å². The Balaban J connectivity index is 2.34. The van der Waals surface area contributed by atoms with Crippen molar-refractivity contribution < 1.29 is 9.57 Å². The summed E-state index contributed by atoms with van der Waals surface area (Å²) in [6, 6.07) is 5.93. The van der Waals surface area contributed by atoms with Crippen molar-refractivity contribution in [3.05, 3.63) is 28.2 Å². The first-order valence-electron chi connectivity index (χ1n) is 4.93. The van der Waals surface area contributed by atoms with E-state index in [9.17, 15) is 0 Å². The van der Waals surface area contributed by atoms with Gasteiger partial charge in [0.15, 0.2) is 0 Å². The summed E-state index contributed by atoms with van der Waals surface area (Å²) < 4.78 is 6.56. The zero-order chi connectivity index (χ0) is 10.7. The van der Waals surface area contributed by atoms with Crippen LogP contribution in [0.2, 0.25) is 0 Å². The molecule has 0 bridgehead atoms. The van der Waals surface area contributed by atoms with Crippen LogP contribution in [0.1, 0.15) is 18.9 Å². The quantitative estimate of drug-likeness (QED) is 0.773. The van der Waals surface area contributed by atoms with E-state index in [4.69, 9.17) is 9.57 Å². The Morgan fingerprint density at radius 2 is 2.40 bits per heavy atom. The van der Waals surface area contributed by atoms with E-state index in [1.165, 1.54) is 0 Å². The van der Waals surface area contributed by atoms with Gasteiger partial charge in [0.05, 0.1) is 12.3 Å². The Morgan fingerprint density at radius 1 is 1.53 bits per heavy atom. The third-order valence-corrected chi connectivity index (χ3v) is 2.65. The van der Waals surface area contributed by atoms with Crippen LogP contribution in [-0.2, 0) is 4.84 Å². The molecule has 0 amide bonds. The van der Waals surface area contributed by atoms with Gasteiger partial charge in [0.1, 0.15) is 12.4 Å². The van der Waals surface area contributed by atoms with E-state index in [0.29, 0.717) is 13.2 Å². The van der Waals surface area contributed by atoms with Gasteiger partial charge in [-0.15, -0.1) is 0 Å². The Kier molecular flexibility index (Phi) is 3.26. The normalized spacial score (nSPS) is 17.1. The maximum Gasteiger partial charge on any atom is 0.129 e. The predicted molar refractivity (Wildman–Crippen MR) is 62.4 cm³/mol. The van der Waals surface area contributed by atoms with Crippen molar-refractivity contribution in [3.8, 4) is 5.75 Å². The lowest BCUT2D eigenvalue weighted by atomic mass is 10.0. The monoisotopic (exact) mass is 269 g/mol. The number of ether oxygens (including phenoxy) is 1. The van der Waals surface area contributed by atoms with Crippen LogP contribution in [0.5, 0.6) is 5.75 Å². The van der Waals surface area contributed by atoms with E-state index in [1.54, 1.807) is 0 Å². The summed E-state index contributed by atoms with van der Waals surface area (Å²) in [5.74, 6) is 0.870. The third kappa shape index (κ3) is 2.31. The van der Waals surface area contributed by atoms with Gasteiger partial charge in [-0.2, -0.15) is 0 Å². The highest BCUT2D eigenvalue weighted by Gasteiger charge is 2.17. The Labute approximate surface area is 97.2 Å². The first-order chi connectivity index (χ1) is 7.31. The van der Waals surface area contributed by atoms with Crippen LogP contribution in [0.25, 0.3) is 0 Å². The molecule has 1 aliphatic heterocycles. The van der Waals surface area contributed by atoms with Gasteiger partial charge in [-0.3, -0.25) is 0 Å². The standard InChI is InChI=1S/C11H12BrNO2/c1-2-15-13-10-5-6-14-11-7-8(12)3-4-9(10)11/h3-4,7H,2,5-6H2,1H3. The minimum absolute atomic E-state index is 0.593. The second-order valence-corrected chi connectivity index (χ2v) is 4.11. The van der Waals surface area contributed by atoms with E-state index in [2.05, 4.69) is 21.1 Å². The molecule has 0 aliphatic carbocycles. The van der Waals surface area contributed by atoms with Crippen molar-refractivity contribution in [2.45, 2.75) is 13.3 Å². The fourth-order valence-electron chi connectivity index (χ4n) is 1.48. The van der Waals surface area contributed by atoms with E-state index in [1.807, 2.05) is 25.1 Å². The maximum absolute atomic E-state index is 5.55. The van der Waals surface area contributed by atoms with Gasteiger partial charge in [-0.05, 0) is 25.1 Å². The fourth-order valence-corrected chi connectivity index (χ4v) is 1.82. The number of benzene rings is 1. The summed E-state index contributed by atoms with van der Waals surface area (Å²) >= 11 is 3.41. The first-order valence-corrected chi connectivity index (χ1v) is 5.72. The van der Waals surface area contributed by atoms with Crippen LogP contribution >= 0.6 is 15.9 Å². The van der Waals surface area contributed by atoms with Crippen LogP contribution in [-0.4, -0.2) is 18.9 Å². The molecular weight excluding hydrogens is 258 g/mol. The average Bonchev–Trinajstić information content (AvgIpc) is 2.25. The highest BCUT2D eigenvalue weighted by Crippen LogP contribution is 2.28. The SMILES string of the molecule is CCON=C1CCOc2cc(Br)ccc21. The molecule has 0 saturated heterocycles. The molecule has 1 aromatic carbocycles. The van der Waals surface area contributed by atoms with E-state index < -0.39 is 0 Å². The maximum atomic E-state index is 5.55. The molecule has 1 heterocycles. The van der Waals surface area contributed by atoms with E-state index in [-0.39, 0.29) is 0 Å². The average molecular weight is 270 g/mol. The molecule has 80 valence electrons. The van der Waals surface area contributed by atoms with Crippen LogP contribution in [0, 0.1) is 0 Å². The second-order valence-electron chi connectivity index (χ2n) is 3.19. The summed E-state index contributed by atoms with van der Waals surface area (Å²) in [5.41, 5.74) is 1.99. The lowest BCUT2D eigenvalue weighted by Crippen LogP contribution is -2.16. The molecule has 15 heavy (non-hydrogen) atoms. The lowest BCUT2D eigenvalue weighted by Gasteiger charge is -2.18.